The van der Waals surface area contributed by atoms with Gasteiger partial charge in [-0.1, -0.05) is 6.08 Å². The van der Waals surface area contributed by atoms with Gasteiger partial charge in [-0.15, -0.1) is 6.58 Å². The molecule has 0 aromatic heterocycles. The van der Waals surface area contributed by atoms with Crippen molar-refractivity contribution in [2.75, 3.05) is 6.61 Å². The Bertz CT molecular complexity index is 260. The van der Waals surface area contributed by atoms with Gasteiger partial charge in [0.05, 0.1) is 0 Å². The Hall–Kier alpha value is -1.07. The van der Waals surface area contributed by atoms with Crippen LogP contribution < -0.4 is 5.32 Å². The van der Waals surface area contributed by atoms with Crippen molar-refractivity contribution in [2.45, 2.75) is 51.9 Å². The summed E-state index contributed by atoms with van der Waals surface area (Å²) in [4.78, 5) is 11.4. The second kappa shape index (κ2) is 8.11. The molecule has 0 radical (unpaired) electrons. The van der Waals surface area contributed by atoms with Crippen molar-refractivity contribution in [1.82, 2.24) is 5.32 Å². The Morgan fingerprint density at radius 3 is 2.50 bits per heavy atom. The summed E-state index contributed by atoms with van der Waals surface area (Å²) in [5.41, 5.74) is -0.583. The number of aliphatic hydroxyl groups is 2. The van der Waals surface area contributed by atoms with Crippen LogP contribution in [0.15, 0.2) is 12.7 Å². The molecule has 0 aliphatic heterocycles. The van der Waals surface area contributed by atoms with Crippen LogP contribution in [0.3, 0.4) is 0 Å². The smallest absolute Gasteiger partial charge is 0.409 e. The number of carbonyl (C=O) groups is 1. The van der Waals surface area contributed by atoms with Gasteiger partial charge in [-0.2, -0.15) is 0 Å². The molecule has 0 saturated carbocycles. The number of allylic oxidation sites excluding steroid dienone is 1. The molecule has 3 N–H and O–H groups in total. The molecule has 1 amide bonds. The topological polar surface area (TPSA) is 78.8 Å². The van der Waals surface area contributed by atoms with Crippen molar-refractivity contribution in [3.05, 3.63) is 12.7 Å². The minimum atomic E-state index is -0.960. The zero-order chi connectivity index (χ0) is 14.2. The lowest BCUT2D eigenvalue weighted by Crippen LogP contribution is -2.39. The highest BCUT2D eigenvalue weighted by atomic mass is 16.6. The van der Waals surface area contributed by atoms with Crippen molar-refractivity contribution in [3.8, 4) is 0 Å². The lowest BCUT2D eigenvalue weighted by Gasteiger charge is -2.22. The standard InChI is InChI=1S/C13H25NO4/c1-5-6-10(9-15)7-8-11(16)14-12(17)18-13(2,3)4/h5,10-11,15-16H,1,6-9H2,2-4H3,(H,14,17)/t10-,11?/m0/s1. The Kier molecular flexibility index (Phi) is 7.62. The fourth-order valence-electron chi connectivity index (χ4n) is 1.43. The molecule has 0 aliphatic rings. The van der Waals surface area contributed by atoms with Gasteiger partial charge < -0.3 is 14.9 Å². The van der Waals surface area contributed by atoms with Gasteiger partial charge in [0.15, 0.2) is 0 Å². The van der Waals surface area contributed by atoms with E-state index in [1.165, 1.54) is 0 Å². The van der Waals surface area contributed by atoms with Crippen molar-refractivity contribution >= 4 is 6.09 Å². The molecule has 0 saturated heterocycles. The van der Waals surface area contributed by atoms with Gasteiger partial charge in [-0.05, 0) is 46.0 Å². The maximum Gasteiger partial charge on any atom is 0.409 e. The zero-order valence-corrected chi connectivity index (χ0v) is 11.5. The van der Waals surface area contributed by atoms with Gasteiger partial charge in [0.25, 0.3) is 0 Å². The van der Waals surface area contributed by atoms with Gasteiger partial charge in [0, 0.05) is 6.61 Å². The molecule has 18 heavy (non-hydrogen) atoms. The maximum atomic E-state index is 11.4. The third-order valence-corrected chi connectivity index (χ3v) is 2.29. The summed E-state index contributed by atoms with van der Waals surface area (Å²) in [5, 5.41) is 21.0. The molecule has 0 rings (SSSR count). The van der Waals surface area contributed by atoms with Crippen LogP contribution in [0.2, 0.25) is 0 Å². The first-order chi connectivity index (χ1) is 8.28. The molecule has 106 valence electrons. The largest absolute Gasteiger partial charge is 0.444 e. The first-order valence-corrected chi connectivity index (χ1v) is 6.17. The van der Waals surface area contributed by atoms with E-state index >= 15 is 0 Å². The quantitative estimate of drug-likeness (QED) is 0.481. The summed E-state index contributed by atoms with van der Waals surface area (Å²) in [7, 11) is 0. The molecule has 5 heteroatoms. The van der Waals surface area contributed by atoms with Gasteiger partial charge in [0.2, 0.25) is 0 Å². The van der Waals surface area contributed by atoms with E-state index in [0.29, 0.717) is 19.3 Å². The average Bonchev–Trinajstić information content (AvgIpc) is 2.21. The van der Waals surface area contributed by atoms with E-state index in [0.717, 1.165) is 0 Å². The summed E-state index contributed by atoms with van der Waals surface area (Å²) >= 11 is 0. The highest BCUT2D eigenvalue weighted by Crippen LogP contribution is 2.12. The van der Waals surface area contributed by atoms with Crippen LogP contribution in [0, 0.1) is 5.92 Å². The predicted molar refractivity (Wildman–Crippen MR) is 70.0 cm³/mol. The van der Waals surface area contributed by atoms with E-state index in [1.807, 2.05) is 0 Å². The minimum absolute atomic E-state index is 0.0468. The first-order valence-electron chi connectivity index (χ1n) is 6.17. The Morgan fingerprint density at radius 1 is 1.44 bits per heavy atom. The third kappa shape index (κ3) is 9.01. The molecular formula is C13H25NO4. The average molecular weight is 259 g/mol. The number of alkyl carbamates (subject to hydrolysis) is 1. The maximum absolute atomic E-state index is 11.4. The Morgan fingerprint density at radius 2 is 2.06 bits per heavy atom. The lowest BCUT2D eigenvalue weighted by atomic mass is 10.00. The molecule has 0 aliphatic carbocycles. The van der Waals surface area contributed by atoms with Crippen molar-refractivity contribution < 1.29 is 19.7 Å². The molecule has 0 spiro atoms. The van der Waals surface area contributed by atoms with Gasteiger partial charge in [0.1, 0.15) is 11.8 Å². The lowest BCUT2D eigenvalue weighted by molar-refractivity contribution is 0.0328. The van der Waals surface area contributed by atoms with Crippen molar-refractivity contribution in [2.24, 2.45) is 5.92 Å². The molecule has 0 heterocycles. The highest BCUT2D eigenvalue weighted by molar-refractivity contribution is 5.67. The Labute approximate surface area is 109 Å². The number of hydrogen-bond donors (Lipinski definition) is 3. The number of hydrogen-bond acceptors (Lipinski definition) is 4. The van der Waals surface area contributed by atoms with Crippen LogP contribution in [-0.4, -0.2) is 34.7 Å². The summed E-state index contributed by atoms with van der Waals surface area (Å²) in [6.45, 7) is 8.91. The summed E-state index contributed by atoms with van der Waals surface area (Å²) in [5.74, 6) is 0.0672. The highest BCUT2D eigenvalue weighted by Gasteiger charge is 2.18. The van der Waals surface area contributed by atoms with Crippen molar-refractivity contribution in [1.29, 1.82) is 0 Å². The van der Waals surface area contributed by atoms with Crippen LogP contribution in [0.4, 0.5) is 4.79 Å². The fourth-order valence-corrected chi connectivity index (χ4v) is 1.43. The van der Waals surface area contributed by atoms with E-state index < -0.39 is 17.9 Å². The molecule has 2 atom stereocenters. The zero-order valence-electron chi connectivity index (χ0n) is 11.5. The molecule has 0 fully saturated rings. The minimum Gasteiger partial charge on any atom is -0.444 e. The predicted octanol–water partition coefficient (Wildman–Crippen LogP) is 1.79. The number of ether oxygens (including phenoxy) is 1. The molecule has 5 nitrogen and oxygen atoms in total. The third-order valence-electron chi connectivity index (χ3n) is 2.29. The second-order valence-electron chi connectivity index (χ2n) is 5.31. The first kappa shape index (κ1) is 16.9. The fraction of sp³-hybridized carbons (Fsp3) is 0.769. The van der Waals surface area contributed by atoms with Crippen LogP contribution in [-0.2, 0) is 4.74 Å². The molecule has 0 aromatic rings. The number of amides is 1. The summed E-state index contributed by atoms with van der Waals surface area (Å²) < 4.78 is 5.01. The Balaban J connectivity index is 3.92. The molecular weight excluding hydrogens is 234 g/mol. The van der Waals surface area contributed by atoms with Crippen LogP contribution in [0.25, 0.3) is 0 Å². The number of rotatable bonds is 7. The van der Waals surface area contributed by atoms with E-state index in [2.05, 4.69) is 11.9 Å². The SMILES string of the molecule is C=CC[C@H](CO)CCC(O)NC(=O)OC(C)(C)C. The molecule has 0 aromatic carbocycles. The van der Waals surface area contributed by atoms with E-state index in [4.69, 9.17) is 9.84 Å². The summed E-state index contributed by atoms with van der Waals surface area (Å²) in [6, 6.07) is 0. The van der Waals surface area contributed by atoms with Crippen LogP contribution in [0.5, 0.6) is 0 Å². The van der Waals surface area contributed by atoms with Crippen LogP contribution in [0.1, 0.15) is 40.0 Å². The normalized spacial score (nSPS) is 14.7. The monoisotopic (exact) mass is 259 g/mol. The van der Waals surface area contributed by atoms with Gasteiger partial charge >= 0.3 is 6.09 Å². The van der Waals surface area contributed by atoms with E-state index in [9.17, 15) is 9.90 Å². The summed E-state index contributed by atoms with van der Waals surface area (Å²) in [6.07, 6.45) is 1.81. The van der Waals surface area contributed by atoms with E-state index in [1.54, 1.807) is 26.8 Å². The van der Waals surface area contributed by atoms with E-state index in [-0.39, 0.29) is 12.5 Å². The van der Waals surface area contributed by atoms with Crippen LogP contribution >= 0.6 is 0 Å². The molecule has 0 bridgehead atoms. The number of aliphatic hydroxyl groups excluding tert-OH is 2. The van der Waals surface area contributed by atoms with Crippen molar-refractivity contribution in [3.63, 3.8) is 0 Å². The second-order valence-corrected chi connectivity index (χ2v) is 5.31. The van der Waals surface area contributed by atoms with Gasteiger partial charge in [-0.3, -0.25) is 5.32 Å². The van der Waals surface area contributed by atoms with Gasteiger partial charge in [-0.25, -0.2) is 4.79 Å². The molecule has 1 unspecified atom stereocenters. The number of carbonyl (C=O) groups excluding carboxylic acids is 1. The number of nitrogens with one attached hydrogen (secondary N) is 1.